The van der Waals surface area contributed by atoms with Gasteiger partial charge in [-0.25, -0.2) is 0 Å². The topological polar surface area (TPSA) is 66.4 Å². The van der Waals surface area contributed by atoms with Gasteiger partial charge in [-0.2, -0.15) is 0 Å². The smallest absolute Gasteiger partial charge is 0.307 e. The Balaban J connectivity index is 2.40. The minimum Gasteiger partial charge on any atom is -0.481 e. The molecular weight excluding hydrogens is 250 g/mol. The number of hydrogen-bond donors (Lipinski definition) is 2. The molecular formula is C13H17NO3S. The van der Waals surface area contributed by atoms with E-state index in [1.807, 2.05) is 30.3 Å². The molecule has 0 aromatic heterocycles. The number of anilines is 1. The molecule has 0 spiro atoms. The Morgan fingerprint density at radius 2 is 1.89 bits per heavy atom. The molecule has 98 valence electrons. The third-order valence-corrected chi connectivity index (χ3v) is 3.83. The molecule has 18 heavy (non-hydrogen) atoms. The number of thioether (sulfide) groups is 1. The van der Waals surface area contributed by atoms with Crippen LogP contribution in [0.25, 0.3) is 0 Å². The van der Waals surface area contributed by atoms with Gasteiger partial charge in [0, 0.05) is 11.4 Å². The van der Waals surface area contributed by atoms with Crippen molar-refractivity contribution in [3.05, 3.63) is 30.3 Å². The molecule has 0 saturated carbocycles. The number of carboxylic acid groups (broad SMARTS) is 1. The third kappa shape index (κ3) is 4.79. The van der Waals surface area contributed by atoms with E-state index in [0.717, 1.165) is 5.69 Å². The van der Waals surface area contributed by atoms with Crippen LogP contribution in [0.2, 0.25) is 0 Å². The van der Waals surface area contributed by atoms with Crippen molar-refractivity contribution in [1.82, 2.24) is 0 Å². The van der Waals surface area contributed by atoms with Gasteiger partial charge in [0.15, 0.2) is 0 Å². The lowest BCUT2D eigenvalue weighted by Crippen LogP contribution is -2.24. The summed E-state index contributed by atoms with van der Waals surface area (Å²) in [7, 11) is 0. The van der Waals surface area contributed by atoms with Gasteiger partial charge in [-0.15, -0.1) is 11.8 Å². The zero-order valence-corrected chi connectivity index (χ0v) is 11.2. The Kier molecular flexibility index (Phi) is 5.71. The second-order valence-corrected chi connectivity index (χ2v) is 5.44. The highest BCUT2D eigenvalue weighted by Gasteiger charge is 2.17. The molecule has 0 aliphatic heterocycles. The first-order chi connectivity index (χ1) is 8.50. The first-order valence-corrected chi connectivity index (χ1v) is 6.76. The van der Waals surface area contributed by atoms with Crippen molar-refractivity contribution in [2.75, 3.05) is 11.1 Å². The third-order valence-electron chi connectivity index (χ3n) is 2.43. The van der Waals surface area contributed by atoms with Gasteiger partial charge >= 0.3 is 5.97 Å². The van der Waals surface area contributed by atoms with Crippen LogP contribution in [0.3, 0.4) is 0 Å². The van der Waals surface area contributed by atoms with Gasteiger partial charge in [-0.05, 0) is 19.1 Å². The van der Waals surface area contributed by atoms with Crippen molar-refractivity contribution in [3.63, 3.8) is 0 Å². The Hall–Kier alpha value is -1.49. The van der Waals surface area contributed by atoms with Crippen molar-refractivity contribution in [2.24, 2.45) is 5.92 Å². The number of nitrogens with one attached hydrogen (secondary N) is 1. The van der Waals surface area contributed by atoms with E-state index in [1.165, 1.54) is 11.8 Å². The fourth-order valence-corrected chi connectivity index (χ4v) is 2.13. The van der Waals surface area contributed by atoms with Crippen LogP contribution in [0, 0.1) is 5.92 Å². The maximum absolute atomic E-state index is 11.8. The van der Waals surface area contributed by atoms with E-state index < -0.39 is 11.9 Å². The lowest BCUT2D eigenvalue weighted by molar-refractivity contribution is -0.140. The molecule has 4 nitrogen and oxygen atoms in total. The molecule has 0 fully saturated rings. The molecule has 0 aliphatic rings. The predicted octanol–water partition coefficient (Wildman–Crippen LogP) is 2.47. The van der Waals surface area contributed by atoms with Gasteiger partial charge in [0.2, 0.25) is 5.91 Å². The van der Waals surface area contributed by atoms with Gasteiger partial charge < -0.3 is 10.4 Å². The standard InChI is InChI=1S/C13H17NO3S/c1-9(13(16)17)8-18-10(2)12(15)14-11-6-4-3-5-7-11/h3-7,9-10H,8H2,1-2H3,(H,14,15)(H,16,17). The maximum Gasteiger partial charge on any atom is 0.307 e. The second-order valence-electron chi connectivity index (χ2n) is 4.07. The average Bonchev–Trinajstić information content (AvgIpc) is 2.36. The Morgan fingerprint density at radius 1 is 1.28 bits per heavy atom. The molecule has 1 aromatic rings. The summed E-state index contributed by atoms with van der Waals surface area (Å²) in [6.45, 7) is 3.41. The Bertz CT molecular complexity index is 408. The SMILES string of the molecule is CC(CSC(C)C(=O)Nc1ccccc1)C(=O)O. The van der Waals surface area contributed by atoms with Crippen LogP contribution in [0.1, 0.15) is 13.8 Å². The van der Waals surface area contributed by atoms with Crippen molar-refractivity contribution < 1.29 is 14.7 Å². The van der Waals surface area contributed by atoms with Crippen LogP contribution in [0.4, 0.5) is 5.69 Å². The zero-order valence-electron chi connectivity index (χ0n) is 10.4. The highest BCUT2D eigenvalue weighted by molar-refractivity contribution is 8.00. The molecule has 1 rings (SSSR count). The molecule has 5 heteroatoms. The average molecular weight is 267 g/mol. The molecule has 0 aliphatic carbocycles. The van der Waals surface area contributed by atoms with E-state index >= 15 is 0 Å². The van der Waals surface area contributed by atoms with E-state index in [0.29, 0.717) is 5.75 Å². The molecule has 0 radical (unpaired) electrons. The van der Waals surface area contributed by atoms with Crippen molar-refractivity contribution in [3.8, 4) is 0 Å². The summed E-state index contributed by atoms with van der Waals surface area (Å²) >= 11 is 1.35. The van der Waals surface area contributed by atoms with Gasteiger partial charge in [0.25, 0.3) is 0 Å². The largest absolute Gasteiger partial charge is 0.481 e. The van der Waals surface area contributed by atoms with Crippen molar-refractivity contribution in [1.29, 1.82) is 0 Å². The van der Waals surface area contributed by atoms with Crippen LogP contribution in [-0.2, 0) is 9.59 Å². The number of para-hydroxylation sites is 1. The van der Waals surface area contributed by atoms with E-state index in [-0.39, 0.29) is 11.2 Å². The first kappa shape index (κ1) is 14.6. The summed E-state index contributed by atoms with van der Waals surface area (Å²) in [4.78, 5) is 22.5. The molecule has 0 heterocycles. The van der Waals surface area contributed by atoms with E-state index in [4.69, 9.17) is 5.11 Å². The fraction of sp³-hybridized carbons (Fsp3) is 0.385. The van der Waals surface area contributed by atoms with Gasteiger partial charge in [0.1, 0.15) is 0 Å². The summed E-state index contributed by atoms with van der Waals surface area (Å²) in [5.41, 5.74) is 0.751. The highest BCUT2D eigenvalue weighted by atomic mass is 32.2. The first-order valence-electron chi connectivity index (χ1n) is 5.71. The van der Waals surface area contributed by atoms with Gasteiger partial charge in [-0.3, -0.25) is 9.59 Å². The highest BCUT2D eigenvalue weighted by Crippen LogP contribution is 2.17. The summed E-state index contributed by atoms with van der Waals surface area (Å²) in [6, 6.07) is 9.20. The fourth-order valence-electron chi connectivity index (χ4n) is 1.20. The van der Waals surface area contributed by atoms with Crippen LogP contribution in [0.5, 0.6) is 0 Å². The summed E-state index contributed by atoms with van der Waals surface area (Å²) in [5, 5.41) is 11.3. The summed E-state index contributed by atoms with van der Waals surface area (Å²) in [5.74, 6) is -0.956. The summed E-state index contributed by atoms with van der Waals surface area (Å²) < 4.78 is 0. The number of rotatable bonds is 6. The number of carboxylic acids is 1. The minimum atomic E-state index is -0.835. The molecule has 2 N–H and O–H groups in total. The zero-order chi connectivity index (χ0) is 13.5. The van der Waals surface area contributed by atoms with Crippen LogP contribution >= 0.6 is 11.8 Å². The monoisotopic (exact) mass is 267 g/mol. The van der Waals surface area contributed by atoms with Crippen molar-refractivity contribution >= 4 is 29.3 Å². The number of carbonyl (C=O) groups excluding carboxylic acids is 1. The maximum atomic E-state index is 11.8. The molecule has 0 bridgehead atoms. The lowest BCUT2D eigenvalue weighted by atomic mass is 10.2. The molecule has 1 aromatic carbocycles. The van der Waals surface area contributed by atoms with Crippen LogP contribution < -0.4 is 5.32 Å². The van der Waals surface area contributed by atoms with Crippen LogP contribution in [0.15, 0.2) is 30.3 Å². The normalized spacial score (nSPS) is 13.7. The number of amides is 1. The number of aliphatic carboxylic acids is 1. The number of carbonyl (C=O) groups is 2. The molecule has 2 atom stereocenters. The van der Waals surface area contributed by atoms with Gasteiger partial charge in [0.05, 0.1) is 11.2 Å². The molecule has 2 unspecified atom stereocenters. The van der Waals surface area contributed by atoms with Gasteiger partial charge in [-0.1, -0.05) is 25.1 Å². The van der Waals surface area contributed by atoms with E-state index in [9.17, 15) is 9.59 Å². The Morgan fingerprint density at radius 3 is 2.44 bits per heavy atom. The summed E-state index contributed by atoms with van der Waals surface area (Å²) in [6.07, 6.45) is 0. The minimum absolute atomic E-state index is 0.108. The molecule has 0 saturated heterocycles. The lowest BCUT2D eigenvalue weighted by Gasteiger charge is -2.13. The van der Waals surface area contributed by atoms with Crippen molar-refractivity contribution in [2.45, 2.75) is 19.1 Å². The predicted molar refractivity (Wildman–Crippen MR) is 73.8 cm³/mol. The quantitative estimate of drug-likeness (QED) is 0.831. The van der Waals surface area contributed by atoms with Crippen LogP contribution in [-0.4, -0.2) is 28.0 Å². The van der Waals surface area contributed by atoms with E-state index in [1.54, 1.807) is 13.8 Å². The second kappa shape index (κ2) is 7.06. The van der Waals surface area contributed by atoms with E-state index in [2.05, 4.69) is 5.32 Å². The Labute approximate surface area is 111 Å². The number of hydrogen-bond acceptors (Lipinski definition) is 3. The number of benzene rings is 1. The molecule has 1 amide bonds.